The van der Waals surface area contributed by atoms with E-state index in [-0.39, 0.29) is 82.8 Å². The predicted molar refractivity (Wildman–Crippen MR) is 177 cm³/mol. The van der Waals surface area contributed by atoms with Gasteiger partial charge in [0.2, 0.25) is 0 Å². The van der Waals surface area contributed by atoms with Crippen LogP contribution >= 0.6 is 0 Å². The van der Waals surface area contributed by atoms with Crippen LogP contribution in [0.5, 0.6) is 0 Å². The van der Waals surface area contributed by atoms with Crippen molar-refractivity contribution in [2.24, 2.45) is 5.41 Å². The topological polar surface area (TPSA) is 162 Å². The fourth-order valence-corrected chi connectivity index (χ4v) is 3.33. The number of hydrogen-bond acceptors (Lipinski definition) is 15. The Balaban J connectivity index is 5.63. The van der Waals surface area contributed by atoms with Crippen molar-refractivity contribution in [3.05, 3.63) is 36.5 Å². The zero-order valence-corrected chi connectivity index (χ0v) is 30.5. The first-order valence-electron chi connectivity index (χ1n) is 16.0. The van der Waals surface area contributed by atoms with Gasteiger partial charge in [-0.1, -0.05) is 19.7 Å². The maximum Gasteiger partial charge on any atom is 0.333 e. The first-order chi connectivity index (χ1) is 23.1. The van der Waals surface area contributed by atoms with E-state index in [2.05, 4.69) is 19.7 Å². The lowest BCUT2D eigenvalue weighted by Gasteiger charge is -2.36. The molecule has 15 heteroatoms. The minimum Gasteiger partial charge on any atom is -0.460 e. The van der Waals surface area contributed by atoms with Crippen molar-refractivity contribution in [3.8, 4) is 0 Å². The van der Waals surface area contributed by atoms with Gasteiger partial charge >= 0.3 is 17.9 Å². The monoisotopic (exact) mass is 706 g/mol. The quantitative estimate of drug-likeness (QED) is 0.0338. The van der Waals surface area contributed by atoms with E-state index in [4.69, 9.17) is 56.8 Å². The Morgan fingerprint density at radius 1 is 0.449 bits per heavy atom. The second-order valence-electron chi connectivity index (χ2n) is 11.2. The van der Waals surface area contributed by atoms with Crippen molar-refractivity contribution in [2.75, 3.05) is 86.4 Å². The molecule has 0 spiro atoms. The van der Waals surface area contributed by atoms with Gasteiger partial charge in [-0.3, -0.25) is 0 Å². The van der Waals surface area contributed by atoms with E-state index in [0.717, 1.165) is 0 Å². The molecule has 0 saturated carbocycles. The molecule has 0 aromatic rings. The third-order valence-electron chi connectivity index (χ3n) is 6.19. The maximum atomic E-state index is 11.6. The summed E-state index contributed by atoms with van der Waals surface area (Å²) in [6.07, 6.45) is -2.76. The lowest BCUT2D eigenvalue weighted by atomic mass is 9.92. The number of methoxy groups -OCH3 is 1. The highest BCUT2D eigenvalue weighted by Crippen LogP contribution is 2.24. The molecule has 0 N–H and O–H groups in total. The largest absolute Gasteiger partial charge is 0.460 e. The van der Waals surface area contributed by atoms with Gasteiger partial charge in [-0.15, -0.1) is 0 Å². The molecule has 0 radical (unpaired) electrons. The van der Waals surface area contributed by atoms with E-state index >= 15 is 0 Å². The van der Waals surface area contributed by atoms with Crippen LogP contribution in [0.4, 0.5) is 0 Å². The minimum absolute atomic E-state index is 0.0171. The van der Waals surface area contributed by atoms with Crippen LogP contribution in [0.15, 0.2) is 36.5 Å². The van der Waals surface area contributed by atoms with Gasteiger partial charge in [0.05, 0.1) is 64.9 Å². The summed E-state index contributed by atoms with van der Waals surface area (Å²) >= 11 is 0. The summed E-state index contributed by atoms with van der Waals surface area (Å²) in [6, 6.07) is 0. The van der Waals surface area contributed by atoms with Gasteiger partial charge in [0.25, 0.3) is 0 Å². The van der Waals surface area contributed by atoms with Crippen molar-refractivity contribution >= 4 is 17.9 Å². The molecule has 0 bridgehead atoms. The Morgan fingerprint density at radius 3 is 0.918 bits per heavy atom. The minimum atomic E-state index is -0.961. The lowest BCUT2D eigenvalue weighted by Crippen LogP contribution is -2.45. The molecular formula is C34H58O15. The van der Waals surface area contributed by atoms with Crippen LogP contribution in [0.1, 0.15) is 48.5 Å². The third kappa shape index (κ3) is 24.1. The Bertz CT molecular complexity index is 891. The van der Waals surface area contributed by atoms with Crippen molar-refractivity contribution in [2.45, 2.75) is 73.6 Å². The number of carbonyl (C=O) groups excluding carboxylic acids is 3. The molecule has 4 atom stereocenters. The van der Waals surface area contributed by atoms with Crippen LogP contribution in [0.25, 0.3) is 0 Å². The van der Waals surface area contributed by atoms with Crippen LogP contribution in [-0.2, 0) is 71.2 Å². The standard InChI is InChI=1S/C34H58O15/c1-24(2)31(35)43-17-14-40-28(8)47-21-34(20-46-27(7)39-13-12-38-11,22-48-29(9)41-15-18-44-32(36)25(3)4)23-49-30(10)42-16-19-45-33(37)26(5)6/h27-30H,1,3,5,12-23H2,2,4,6-11H3. The Labute approximate surface area is 291 Å². The smallest absolute Gasteiger partial charge is 0.333 e. The van der Waals surface area contributed by atoms with Gasteiger partial charge in [-0.25, -0.2) is 14.4 Å². The summed E-state index contributed by atoms with van der Waals surface area (Å²) < 4.78 is 67.2. The molecule has 0 aliphatic carbocycles. The Hall–Kier alpha value is -2.73. The molecule has 49 heavy (non-hydrogen) atoms. The van der Waals surface area contributed by atoms with E-state index in [0.29, 0.717) is 13.2 Å². The van der Waals surface area contributed by atoms with Crippen molar-refractivity contribution in [1.29, 1.82) is 0 Å². The van der Waals surface area contributed by atoms with Crippen molar-refractivity contribution < 1.29 is 71.2 Å². The molecule has 0 fully saturated rings. The van der Waals surface area contributed by atoms with Crippen LogP contribution in [0.3, 0.4) is 0 Å². The number of ether oxygens (including phenoxy) is 12. The summed E-state index contributed by atoms with van der Waals surface area (Å²) in [6.45, 7) is 23.3. The summed E-state index contributed by atoms with van der Waals surface area (Å²) in [5.41, 5.74) is -0.109. The van der Waals surface area contributed by atoms with Gasteiger partial charge < -0.3 is 56.8 Å². The summed E-state index contributed by atoms with van der Waals surface area (Å²) in [7, 11) is 1.57. The molecule has 0 aromatic heterocycles. The molecule has 284 valence electrons. The SMILES string of the molecule is C=C(C)C(=O)OCCOC(C)OCC(COC(C)OCCOC)(COC(C)OCCOC(=O)C(=C)C)COC(C)OCCOC(=O)C(=C)C. The van der Waals surface area contributed by atoms with Crippen LogP contribution in [-0.4, -0.2) is 129 Å². The average Bonchev–Trinajstić information content (AvgIpc) is 3.05. The Morgan fingerprint density at radius 2 is 0.694 bits per heavy atom. The van der Waals surface area contributed by atoms with E-state index in [1.807, 2.05) is 0 Å². The normalized spacial score (nSPS) is 14.9. The second-order valence-corrected chi connectivity index (χ2v) is 11.2. The van der Waals surface area contributed by atoms with Crippen LogP contribution < -0.4 is 0 Å². The fourth-order valence-electron chi connectivity index (χ4n) is 3.33. The molecule has 0 saturated heterocycles. The molecular weight excluding hydrogens is 648 g/mol. The number of rotatable bonds is 31. The molecule has 4 unspecified atom stereocenters. The molecule has 0 aromatic carbocycles. The average molecular weight is 707 g/mol. The van der Waals surface area contributed by atoms with Crippen molar-refractivity contribution in [3.63, 3.8) is 0 Å². The van der Waals surface area contributed by atoms with E-state index in [1.165, 1.54) is 0 Å². The molecule has 0 aliphatic heterocycles. The van der Waals surface area contributed by atoms with E-state index < -0.39 is 48.5 Å². The van der Waals surface area contributed by atoms with Gasteiger partial charge in [0, 0.05) is 23.8 Å². The highest BCUT2D eigenvalue weighted by molar-refractivity contribution is 5.87. The van der Waals surface area contributed by atoms with Crippen LogP contribution in [0, 0.1) is 5.41 Å². The third-order valence-corrected chi connectivity index (χ3v) is 6.19. The zero-order valence-electron chi connectivity index (χ0n) is 30.5. The van der Waals surface area contributed by atoms with Crippen LogP contribution in [0.2, 0.25) is 0 Å². The summed E-state index contributed by atoms with van der Waals surface area (Å²) in [5, 5.41) is 0. The van der Waals surface area contributed by atoms with Crippen molar-refractivity contribution in [1.82, 2.24) is 0 Å². The zero-order chi connectivity index (χ0) is 37.2. The fraction of sp³-hybridized carbons (Fsp3) is 0.735. The highest BCUT2D eigenvalue weighted by atomic mass is 16.7. The lowest BCUT2D eigenvalue weighted by molar-refractivity contribution is -0.239. The number of esters is 3. The van der Waals surface area contributed by atoms with Gasteiger partial charge in [-0.05, 0) is 48.5 Å². The highest BCUT2D eigenvalue weighted by Gasteiger charge is 2.35. The Kier molecular flexibility index (Phi) is 25.5. The molecule has 0 rings (SSSR count). The molecule has 0 aliphatic rings. The first kappa shape index (κ1) is 46.3. The van der Waals surface area contributed by atoms with E-state index in [1.54, 1.807) is 55.6 Å². The molecule has 0 heterocycles. The molecule has 15 nitrogen and oxygen atoms in total. The van der Waals surface area contributed by atoms with Gasteiger partial charge in [0.15, 0.2) is 25.2 Å². The number of carbonyl (C=O) groups is 3. The molecule has 0 amide bonds. The second kappa shape index (κ2) is 27.1. The maximum absolute atomic E-state index is 11.6. The van der Waals surface area contributed by atoms with E-state index in [9.17, 15) is 14.4 Å². The first-order valence-corrected chi connectivity index (χ1v) is 16.0. The summed E-state index contributed by atoms with van der Waals surface area (Å²) in [4.78, 5) is 34.9. The number of hydrogen-bond donors (Lipinski definition) is 0. The van der Waals surface area contributed by atoms with Gasteiger partial charge in [0.1, 0.15) is 19.8 Å². The van der Waals surface area contributed by atoms with Gasteiger partial charge in [-0.2, -0.15) is 0 Å². The summed E-state index contributed by atoms with van der Waals surface area (Å²) in [5.74, 6) is -1.54. The predicted octanol–water partition coefficient (Wildman–Crippen LogP) is 3.49.